The summed E-state index contributed by atoms with van der Waals surface area (Å²) in [4.78, 5) is 31.0. The van der Waals surface area contributed by atoms with Crippen LogP contribution in [-0.2, 0) is 22.4 Å². The quantitative estimate of drug-likeness (QED) is 0.781. The predicted molar refractivity (Wildman–Crippen MR) is 103 cm³/mol. The van der Waals surface area contributed by atoms with Crippen molar-refractivity contribution in [3.05, 3.63) is 46.4 Å². The Kier molecular flexibility index (Phi) is 6.51. The summed E-state index contributed by atoms with van der Waals surface area (Å²) < 4.78 is 5.13. The maximum absolute atomic E-state index is 12.6. The summed E-state index contributed by atoms with van der Waals surface area (Å²) in [6.07, 6.45) is 0.988. The van der Waals surface area contributed by atoms with Crippen molar-refractivity contribution in [1.82, 2.24) is 15.2 Å². The van der Waals surface area contributed by atoms with E-state index in [2.05, 4.69) is 10.3 Å². The lowest BCUT2D eigenvalue weighted by Gasteiger charge is -2.23. The van der Waals surface area contributed by atoms with Crippen molar-refractivity contribution >= 4 is 34.9 Å². The number of hydrogen-bond acceptors (Lipinski definition) is 6. The second-order valence-corrected chi connectivity index (χ2v) is 7.64. The Morgan fingerprint density at radius 2 is 2.15 bits per heavy atom. The highest BCUT2D eigenvalue weighted by molar-refractivity contribution is 7.99. The molecule has 0 radical (unpaired) electrons. The van der Waals surface area contributed by atoms with E-state index in [1.807, 2.05) is 29.6 Å². The second kappa shape index (κ2) is 9.05. The van der Waals surface area contributed by atoms with Crippen LogP contribution in [0.1, 0.15) is 11.3 Å². The second-order valence-electron chi connectivity index (χ2n) is 5.92. The molecule has 26 heavy (non-hydrogen) atoms. The lowest BCUT2D eigenvalue weighted by atomic mass is 10.1. The summed E-state index contributed by atoms with van der Waals surface area (Å²) in [7, 11) is 1.61. The number of carbonyl (C=O) groups is 2. The van der Waals surface area contributed by atoms with Gasteiger partial charge in [-0.2, -0.15) is 0 Å². The molecule has 1 aromatic heterocycles. The first kappa shape index (κ1) is 18.7. The monoisotopic (exact) mass is 391 g/mol. The number of thioether (sulfide) groups is 1. The molecule has 1 N–H and O–H groups in total. The van der Waals surface area contributed by atoms with Gasteiger partial charge in [-0.05, 0) is 17.7 Å². The molecule has 138 valence electrons. The summed E-state index contributed by atoms with van der Waals surface area (Å²) in [5, 5.41) is 4.90. The standard InChI is InChI=1S/C18H21N3O3S2/c1-24-15-4-2-13(3-5-15)8-17(22)21-12-26-10-16(21)18(23)19-7-6-14-9-25-11-20-14/h2-5,9,11,16H,6-8,10,12H2,1H3,(H,19,23). The smallest absolute Gasteiger partial charge is 0.243 e. The molecule has 1 fully saturated rings. The predicted octanol–water partition coefficient (Wildman–Crippen LogP) is 1.95. The molecule has 8 heteroatoms. The van der Waals surface area contributed by atoms with Crippen LogP contribution in [0.2, 0.25) is 0 Å². The Bertz CT molecular complexity index is 735. The van der Waals surface area contributed by atoms with Gasteiger partial charge >= 0.3 is 0 Å². The third kappa shape index (κ3) is 4.76. The van der Waals surface area contributed by atoms with Crippen molar-refractivity contribution in [3.8, 4) is 5.75 Å². The molecule has 0 spiro atoms. The molecule has 1 atom stereocenters. The van der Waals surface area contributed by atoms with Crippen molar-refractivity contribution < 1.29 is 14.3 Å². The van der Waals surface area contributed by atoms with Gasteiger partial charge in [0.2, 0.25) is 11.8 Å². The van der Waals surface area contributed by atoms with E-state index in [1.165, 1.54) is 0 Å². The lowest BCUT2D eigenvalue weighted by Crippen LogP contribution is -2.48. The Balaban J connectivity index is 1.52. The summed E-state index contributed by atoms with van der Waals surface area (Å²) >= 11 is 3.15. The van der Waals surface area contributed by atoms with E-state index in [1.54, 1.807) is 40.6 Å². The zero-order valence-corrected chi connectivity index (χ0v) is 16.1. The molecular weight excluding hydrogens is 370 g/mol. The van der Waals surface area contributed by atoms with Gasteiger partial charge in [-0.25, -0.2) is 4.98 Å². The molecule has 1 unspecified atom stereocenters. The minimum absolute atomic E-state index is 0.0279. The van der Waals surface area contributed by atoms with Crippen LogP contribution in [0.5, 0.6) is 5.75 Å². The first-order chi connectivity index (χ1) is 12.7. The molecule has 2 heterocycles. The molecule has 6 nitrogen and oxygen atoms in total. The molecule has 3 rings (SSSR count). The van der Waals surface area contributed by atoms with E-state index < -0.39 is 6.04 Å². The number of aromatic nitrogens is 1. The molecule has 1 aromatic carbocycles. The number of nitrogens with one attached hydrogen (secondary N) is 1. The van der Waals surface area contributed by atoms with Gasteiger partial charge in [-0.15, -0.1) is 23.1 Å². The highest BCUT2D eigenvalue weighted by atomic mass is 32.2. The Labute approximate surface area is 160 Å². The van der Waals surface area contributed by atoms with E-state index in [4.69, 9.17) is 4.74 Å². The van der Waals surface area contributed by atoms with E-state index in [0.717, 1.165) is 17.0 Å². The highest BCUT2D eigenvalue weighted by Crippen LogP contribution is 2.22. The number of nitrogens with zero attached hydrogens (tertiary/aromatic N) is 2. The third-order valence-electron chi connectivity index (χ3n) is 4.18. The largest absolute Gasteiger partial charge is 0.497 e. The van der Waals surface area contributed by atoms with Gasteiger partial charge in [-0.1, -0.05) is 12.1 Å². The molecule has 2 aromatic rings. The SMILES string of the molecule is COc1ccc(CC(=O)N2CSCC2C(=O)NCCc2cscn2)cc1. The number of carbonyl (C=O) groups excluding carboxylic acids is 2. The summed E-state index contributed by atoms with van der Waals surface area (Å²) in [6, 6.07) is 7.03. The first-order valence-corrected chi connectivity index (χ1v) is 10.4. The molecular formula is C18H21N3O3S2. The number of amides is 2. The topological polar surface area (TPSA) is 71.5 Å². The highest BCUT2D eigenvalue weighted by Gasteiger charge is 2.34. The molecule has 0 saturated carbocycles. The van der Waals surface area contributed by atoms with Gasteiger partial charge in [0.25, 0.3) is 0 Å². The van der Waals surface area contributed by atoms with Gasteiger partial charge in [0.1, 0.15) is 11.8 Å². The zero-order chi connectivity index (χ0) is 18.4. The first-order valence-electron chi connectivity index (χ1n) is 8.32. The number of benzene rings is 1. The molecule has 0 bridgehead atoms. The van der Waals surface area contributed by atoms with Crippen LogP contribution in [0.25, 0.3) is 0 Å². The molecule has 0 aliphatic carbocycles. The van der Waals surface area contributed by atoms with Crippen LogP contribution in [0, 0.1) is 0 Å². The van der Waals surface area contributed by atoms with Crippen molar-refractivity contribution in [2.45, 2.75) is 18.9 Å². The van der Waals surface area contributed by atoms with Crippen molar-refractivity contribution in [2.75, 3.05) is 25.3 Å². The van der Waals surface area contributed by atoms with E-state index in [-0.39, 0.29) is 18.2 Å². The minimum Gasteiger partial charge on any atom is -0.497 e. The molecule has 1 saturated heterocycles. The number of ether oxygens (including phenoxy) is 1. The van der Waals surface area contributed by atoms with E-state index in [9.17, 15) is 9.59 Å². The summed E-state index contributed by atoms with van der Waals surface area (Å²) in [5.74, 6) is 1.83. The summed E-state index contributed by atoms with van der Waals surface area (Å²) in [6.45, 7) is 0.532. The maximum Gasteiger partial charge on any atom is 0.243 e. The molecule has 1 aliphatic heterocycles. The van der Waals surface area contributed by atoms with Crippen LogP contribution >= 0.6 is 23.1 Å². The van der Waals surface area contributed by atoms with E-state index >= 15 is 0 Å². The summed E-state index contributed by atoms with van der Waals surface area (Å²) in [5.41, 5.74) is 3.67. The van der Waals surface area contributed by atoms with Gasteiger partial charge in [0, 0.05) is 24.1 Å². The number of rotatable bonds is 7. The zero-order valence-electron chi connectivity index (χ0n) is 14.5. The third-order valence-corrected chi connectivity index (χ3v) is 5.83. The van der Waals surface area contributed by atoms with E-state index in [0.29, 0.717) is 24.6 Å². The van der Waals surface area contributed by atoms with Gasteiger partial charge in [-0.3, -0.25) is 9.59 Å². The average molecular weight is 392 g/mol. The van der Waals surface area contributed by atoms with Gasteiger partial charge in [0.15, 0.2) is 0 Å². The van der Waals surface area contributed by atoms with Crippen LogP contribution in [0.4, 0.5) is 0 Å². The maximum atomic E-state index is 12.6. The van der Waals surface area contributed by atoms with Crippen LogP contribution in [-0.4, -0.2) is 53.0 Å². The average Bonchev–Trinajstić information content (AvgIpc) is 3.34. The van der Waals surface area contributed by atoms with Crippen LogP contribution < -0.4 is 10.1 Å². The Morgan fingerprint density at radius 3 is 2.85 bits per heavy atom. The molecule has 2 amide bonds. The fraction of sp³-hybridized carbons (Fsp3) is 0.389. The van der Waals surface area contributed by atoms with Gasteiger partial charge < -0.3 is 15.0 Å². The number of methoxy groups -OCH3 is 1. The fourth-order valence-electron chi connectivity index (χ4n) is 2.72. The van der Waals surface area contributed by atoms with Gasteiger partial charge in [0.05, 0.1) is 30.6 Å². The van der Waals surface area contributed by atoms with Crippen LogP contribution in [0.3, 0.4) is 0 Å². The van der Waals surface area contributed by atoms with Crippen molar-refractivity contribution in [2.24, 2.45) is 0 Å². The number of thiazole rings is 1. The Hall–Kier alpha value is -2.06. The Morgan fingerprint density at radius 1 is 1.35 bits per heavy atom. The lowest BCUT2D eigenvalue weighted by molar-refractivity contribution is -0.137. The van der Waals surface area contributed by atoms with Crippen molar-refractivity contribution in [1.29, 1.82) is 0 Å². The van der Waals surface area contributed by atoms with Crippen molar-refractivity contribution in [3.63, 3.8) is 0 Å². The fourth-order valence-corrected chi connectivity index (χ4v) is 4.49. The minimum atomic E-state index is -0.402. The normalized spacial score (nSPS) is 16.5. The molecule has 1 aliphatic rings. The van der Waals surface area contributed by atoms with Crippen LogP contribution in [0.15, 0.2) is 35.2 Å². The number of hydrogen-bond donors (Lipinski definition) is 1.